The first-order valence-corrected chi connectivity index (χ1v) is 7.77. The van der Waals surface area contributed by atoms with Gasteiger partial charge in [-0.2, -0.15) is 0 Å². The summed E-state index contributed by atoms with van der Waals surface area (Å²) in [5, 5.41) is 5.32. The number of anilines is 1. The molecule has 0 fully saturated rings. The van der Waals surface area contributed by atoms with E-state index in [1.807, 2.05) is 55.6 Å². The fourth-order valence-corrected chi connectivity index (χ4v) is 2.81. The van der Waals surface area contributed by atoms with E-state index in [9.17, 15) is 4.79 Å². The van der Waals surface area contributed by atoms with Gasteiger partial charge < -0.3 is 0 Å². The molecule has 0 radical (unpaired) electrons. The van der Waals surface area contributed by atoms with E-state index in [-0.39, 0.29) is 5.91 Å². The quantitative estimate of drug-likeness (QED) is 0.793. The van der Waals surface area contributed by atoms with Crippen molar-refractivity contribution in [1.29, 1.82) is 0 Å². The normalized spacial score (nSPS) is 10.5. The Labute approximate surface area is 132 Å². The zero-order valence-electron chi connectivity index (χ0n) is 12.3. The lowest BCUT2D eigenvalue weighted by molar-refractivity contribution is 0.102. The molecule has 0 saturated heterocycles. The molecular formula is C17H15N3OS. The Balaban J connectivity index is 1.81. The molecule has 2 heterocycles. The highest BCUT2D eigenvalue weighted by atomic mass is 32.1. The molecule has 3 rings (SSSR count). The predicted octanol–water partition coefficient (Wildman–Crippen LogP) is 4.07. The van der Waals surface area contributed by atoms with E-state index in [4.69, 9.17) is 0 Å². The van der Waals surface area contributed by atoms with Gasteiger partial charge in [-0.15, -0.1) is 11.3 Å². The summed E-state index contributed by atoms with van der Waals surface area (Å²) in [5.41, 5.74) is 4.25. The van der Waals surface area contributed by atoms with E-state index < -0.39 is 0 Å². The summed E-state index contributed by atoms with van der Waals surface area (Å²) in [4.78, 5) is 21.1. The third kappa shape index (κ3) is 3.04. The molecule has 0 spiro atoms. The van der Waals surface area contributed by atoms with Crippen LogP contribution in [0.1, 0.15) is 21.5 Å². The van der Waals surface area contributed by atoms with Gasteiger partial charge in [-0.05, 0) is 37.6 Å². The van der Waals surface area contributed by atoms with E-state index in [0.717, 1.165) is 22.5 Å². The Morgan fingerprint density at radius 3 is 2.77 bits per heavy atom. The number of carbonyl (C=O) groups is 1. The van der Waals surface area contributed by atoms with Gasteiger partial charge in [0, 0.05) is 17.1 Å². The highest BCUT2D eigenvalue weighted by Crippen LogP contribution is 2.24. The lowest BCUT2D eigenvalue weighted by Gasteiger charge is -2.06. The van der Waals surface area contributed by atoms with Crippen LogP contribution in [0.3, 0.4) is 0 Å². The highest BCUT2D eigenvalue weighted by Gasteiger charge is 2.12. The SMILES string of the molecule is Cc1ccc(C)c(C(=O)Nc2nc(-c3ccccn3)cs2)c1. The molecule has 0 bridgehead atoms. The maximum atomic E-state index is 12.4. The Kier molecular flexibility index (Phi) is 3.98. The standard InChI is InChI=1S/C17H15N3OS/c1-11-6-7-12(2)13(9-11)16(21)20-17-19-15(10-22-17)14-5-3-4-8-18-14/h3-10H,1-2H3,(H,19,20,21). The minimum atomic E-state index is -0.136. The van der Waals surface area contributed by atoms with E-state index >= 15 is 0 Å². The second-order valence-electron chi connectivity index (χ2n) is 5.03. The molecular weight excluding hydrogens is 294 g/mol. The van der Waals surface area contributed by atoms with Crippen molar-refractivity contribution in [2.24, 2.45) is 0 Å². The largest absolute Gasteiger partial charge is 0.298 e. The Hall–Kier alpha value is -2.53. The van der Waals surface area contributed by atoms with Gasteiger partial charge in [0.15, 0.2) is 5.13 Å². The summed E-state index contributed by atoms with van der Waals surface area (Å²) < 4.78 is 0. The van der Waals surface area contributed by atoms with Crippen LogP contribution in [-0.2, 0) is 0 Å². The molecule has 0 aliphatic rings. The number of hydrogen-bond acceptors (Lipinski definition) is 4. The monoisotopic (exact) mass is 309 g/mol. The number of hydrogen-bond donors (Lipinski definition) is 1. The maximum Gasteiger partial charge on any atom is 0.257 e. The number of rotatable bonds is 3. The van der Waals surface area contributed by atoms with E-state index in [2.05, 4.69) is 15.3 Å². The number of amides is 1. The molecule has 2 aromatic heterocycles. The highest BCUT2D eigenvalue weighted by molar-refractivity contribution is 7.14. The fraction of sp³-hybridized carbons (Fsp3) is 0.118. The van der Waals surface area contributed by atoms with Crippen LogP contribution < -0.4 is 5.32 Å². The van der Waals surface area contributed by atoms with Gasteiger partial charge in [-0.1, -0.05) is 23.8 Å². The molecule has 0 saturated carbocycles. The van der Waals surface area contributed by atoms with Crippen molar-refractivity contribution in [3.63, 3.8) is 0 Å². The summed E-state index contributed by atoms with van der Waals surface area (Å²) >= 11 is 1.39. The predicted molar refractivity (Wildman–Crippen MR) is 89.2 cm³/mol. The number of nitrogens with zero attached hydrogens (tertiary/aromatic N) is 2. The molecule has 1 N–H and O–H groups in total. The summed E-state index contributed by atoms with van der Waals surface area (Å²) in [6.07, 6.45) is 1.73. The van der Waals surface area contributed by atoms with Gasteiger partial charge in [0.25, 0.3) is 5.91 Å². The maximum absolute atomic E-state index is 12.4. The molecule has 0 aliphatic carbocycles. The smallest absolute Gasteiger partial charge is 0.257 e. The average molecular weight is 309 g/mol. The number of benzene rings is 1. The number of aryl methyl sites for hydroxylation is 2. The van der Waals surface area contributed by atoms with E-state index in [0.29, 0.717) is 10.7 Å². The van der Waals surface area contributed by atoms with Crippen LogP contribution in [0.5, 0.6) is 0 Å². The third-order valence-corrected chi connectivity index (χ3v) is 4.05. The molecule has 3 aromatic rings. The molecule has 1 amide bonds. The number of thiazole rings is 1. The van der Waals surface area contributed by atoms with Gasteiger partial charge in [-0.25, -0.2) is 4.98 Å². The number of pyridine rings is 1. The lowest BCUT2D eigenvalue weighted by Crippen LogP contribution is -2.13. The third-order valence-electron chi connectivity index (χ3n) is 3.29. The van der Waals surface area contributed by atoms with Crippen molar-refractivity contribution in [3.05, 3.63) is 64.7 Å². The molecule has 5 heteroatoms. The minimum absolute atomic E-state index is 0.136. The van der Waals surface area contributed by atoms with Gasteiger partial charge in [0.1, 0.15) is 5.69 Å². The van der Waals surface area contributed by atoms with Crippen molar-refractivity contribution in [2.75, 3.05) is 5.32 Å². The Bertz CT molecular complexity index is 812. The first kappa shape index (κ1) is 14.4. The van der Waals surface area contributed by atoms with Crippen LogP contribution in [0.25, 0.3) is 11.4 Å². The summed E-state index contributed by atoms with van der Waals surface area (Å²) in [6.45, 7) is 3.90. The van der Waals surface area contributed by atoms with Gasteiger partial charge in [-0.3, -0.25) is 15.1 Å². The first-order valence-electron chi connectivity index (χ1n) is 6.89. The van der Waals surface area contributed by atoms with Crippen LogP contribution in [0, 0.1) is 13.8 Å². The van der Waals surface area contributed by atoms with Crippen molar-refractivity contribution in [2.45, 2.75) is 13.8 Å². The molecule has 1 aromatic carbocycles. The van der Waals surface area contributed by atoms with E-state index in [1.165, 1.54) is 11.3 Å². The Morgan fingerprint density at radius 2 is 2.00 bits per heavy atom. The zero-order valence-corrected chi connectivity index (χ0v) is 13.1. The Morgan fingerprint density at radius 1 is 1.14 bits per heavy atom. The van der Waals surface area contributed by atoms with Crippen LogP contribution >= 0.6 is 11.3 Å². The molecule has 22 heavy (non-hydrogen) atoms. The summed E-state index contributed by atoms with van der Waals surface area (Å²) in [7, 11) is 0. The van der Waals surface area contributed by atoms with Crippen LogP contribution in [0.15, 0.2) is 48.0 Å². The van der Waals surface area contributed by atoms with Crippen molar-refractivity contribution in [3.8, 4) is 11.4 Å². The second kappa shape index (κ2) is 6.07. The molecule has 0 aliphatic heterocycles. The van der Waals surface area contributed by atoms with Crippen LogP contribution in [0.4, 0.5) is 5.13 Å². The first-order chi connectivity index (χ1) is 10.6. The molecule has 4 nitrogen and oxygen atoms in total. The van der Waals surface area contributed by atoms with Crippen LogP contribution in [0.2, 0.25) is 0 Å². The van der Waals surface area contributed by atoms with Crippen molar-refractivity contribution < 1.29 is 4.79 Å². The van der Waals surface area contributed by atoms with Gasteiger partial charge in [0.2, 0.25) is 0 Å². The number of nitrogens with one attached hydrogen (secondary N) is 1. The molecule has 110 valence electrons. The lowest BCUT2D eigenvalue weighted by atomic mass is 10.1. The fourth-order valence-electron chi connectivity index (χ4n) is 2.11. The topological polar surface area (TPSA) is 54.9 Å². The van der Waals surface area contributed by atoms with Crippen molar-refractivity contribution in [1.82, 2.24) is 9.97 Å². The number of carbonyl (C=O) groups excluding carboxylic acids is 1. The minimum Gasteiger partial charge on any atom is -0.298 e. The summed E-state index contributed by atoms with van der Waals surface area (Å²) in [5.74, 6) is -0.136. The van der Waals surface area contributed by atoms with E-state index in [1.54, 1.807) is 6.20 Å². The number of aromatic nitrogens is 2. The molecule has 0 atom stereocenters. The summed E-state index contributed by atoms with van der Waals surface area (Å²) in [6, 6.07) is 11.5. The van der Waals surface area contributed by atoms with Gasteiger partial charge in [0.05, 0.1) is 5.69 Å². The molecule has 0 unspecified atom stereocenters. The van der Waals surface area contributed by atoms with Gasteiger partial charge >= 0.3 is 0 Å². The van der Waals surface area contributed by atoms with Crippen LogP contribution in [-0.4, -0.2) is 15.9 Å². The van der Waals surface area contributed by atoms with Crippen molar-refractivity contribution >= 4 is 22.4 Å². The second-order valence-corrected chi connectivity index (χ2v) is 5.88. The zero-order chi connectivity index (χ0) is 15.5. The average Bonchev–Trinajstić information content (AvgIpc) is 2.99.